The fourth-order valence-electron chi connectivity index (χ4n) is 1.41. The monoisotopic (exact) mass is 212 g/mol. The van der Waals surface area contributed by atoms with E-state index in [1.54, 1.807) is 13.8 Å². The zero-order valence-corrected chi connectivity index (χ0v) is 10.2. The lowest BCUT2D eigenvalue weighted by atomic mass is 9.75. The summed E-state index contributed by atoms with van der Waals surface area (Å²) in [5.74, 6) is -0.756. The average Bonchev–Trinajstić information content (AvgIpc) is 2.16. The molecule has 0 amide bonds. The van der Waals surface area contributed by atoms with Gasteiger partial charge in [-0.3, -0.25) is 9.59 Å². The Morgan fingerprint density at radius 3 is 2.33 bits per heavy atom. The highest BCUT2D eigenvalue weighted by molar-refractivity contribution is 6.02. The third-order valence-electron chi connectivity index (χ3n) is 2.82. The molecule has 0 fully saturated rings. The van der Waals surface area contributed by atoms with E-state index in [9.17, 15) is 9.59 Å². The maximum absolute atomic E-state index is 11.7. The molecule has 0 aliphatic heterocycles. The number of ether oxygens (including phenoxy) is 1. The van der Waals surface area contributed by atoms with Gasteiger partial charge in [-0.05, 0) is 33.6 Å². The highest BCUT2D eigenvalue weighted by atomic mass is 16.5. The van der Waals surface area contributed by atoms with Crippen LogP contribution in [0.2, 0.25) is 0 Å². The van der Waals surface area contributed by atoms with Crippen LogP contribution in [0.4, 0.5) is 0 Å². The number of Topliss-reactive ketones (excluding diaryl/α,β-unsaturated/α-hetero) is 1. The smallest absolute Gasteiger partial charge is 0.319 e. The molecule has 0 bridgehead atoms. The number of esters is 1. The summed E-state index contributed by atoms with van der Waals surface area (Å²) in [6, 6.07) is 0. The van der Waals surface area contributed by atoms with Gasteiger partial charge in [0.2, 0.25) is 0 Å². The Hall–Kier alpha value is -1.12. The van der Waals surface area contributed by atoms with Crippen molar-refractivity contribution in [2.24, 2.45) is 11.3 Å². The highest BCUT2D eigenvalue weighted by Crippen LogP contribution is 2.31. The number of ketones is 1. The van der Waals surface area contributed by atoms with Gasteiger partial charge in [0.25, 0.3) is 0 Å². The lowest BCUT2D eigenvalue weighted by Gasteiger charge is -2.28. The molecule has 0 rings (SSSR count). The Balaban J connectivity index is 5.05. The Morgan fingerprint density at radius 1 is 1.47 bits per heavy atom. The summed E-state index contributed by atoms with van der Waals surface area (Å²) >= 11 is 0. The minimum Gasteiger partial charge on any atom is -0.465 e. The van der Waals surface area contributed by atoms with Crippen molar-refractivity contribution in [3.63, 3.8) is 0 Å². The molecule has 0 aromatic carbocycles. The van der Waals surface area contributed by atoms with Crippen molar-refractivity contribution in [1.82, 2.24) is 0 Å². The van der Waals surface area contributed by atoms with E-state index in [0.29, 0.717) is 6.61 Å². The second-order valence-electron chi connectivity index (χ2n) is 3.79. The van der Waals surface area contributed by atoms with Crippen LogP contribution in [-0.2, 0) is 14.3 Å². The number of carbonyl (C=O) groups is 2. The zero-order valence-electron chi connectivity index (χ0n) is 10.2. The van der Waals surface area contributed by atoms with E-state index in [0.717, 1.165) is 0 Å². The first kappa shape index (κ1) is 13.9. The molecule has 0 radical (unpaired) electrons. The topological polar surface area (TPSA) is 43.4 Å². The van der Waals surface area contributed by atoms with Crippen LogP contribution in [-0.4, -0.2) is 18.4 Å². The van der Waals surface area contributed by atoms with Gasteiger partial charge >= 0.3 is 5.97 Å². The SMILES string of the molecule is CC=CC(C)C(C)(C(C)=O)C(=O)OCC. The quantitative estimate of drug-likeness (QED) is 0.399. The van der Waals surface area contributed by atoms with Gasteiger partial charge in [-0.25, -0.2) is 0 Å². The molecule has 0 heterocycles. The van der Waals surface area contributed by atoms with Gasteiger partial charge in [0.05, 0.1) is 6.61 Å². The summed E-state index contributed by atoms with van der Waals surface area (Å²) in [4.78, 5) is 23.3. The third kappa shape index (κ3) is 2.91. The fraction of sp³-hybridized carbons (Fsp3) is 0.667. The van der Waals surface area contributed by atoms with E-state index in [4.69, 9.17) is 4.74 Å². The number of carbonyl (C=O) groups excluding carboxylic acids is 2. The Labute approximate surface area is 91.5 Å². The molecule has 15 heavy (non-hydrogen) atoms. The van der Waals surface area contributed by atoms with Gasteiger partial charge in [0.1, 0.15) is 11.2 Å². The highest BCUT2D eigenvalue weighted by Gasteiger charge is 2.43. The summed E-state index contributed by atoms with van der Waals surface area (Å²) in [6.45, 7) is 8.80. The van der Waals surface area contributed by atoms with Crippen molar-refractivity contribution < 1.29 is 14.3 Å². The van der Waals surface area contributed by atoms with Crippen molar-refractivity contribution >= 4 is 11.8 Å². The first-order valence-corrected chi connectivity index (χ1v) is 5.22. The van der Waals surface area contributed by atoms with Crippen LogP contribution < -0.4 is 0 Å². The van der Waals surface area contributed by atoms with Crippen LogP contribution in [0.1, 0.15) is 34.6 Å². The van der Waals surface area contributed by atoms with Crippen molar-refractivity contribution in [1.29, 1.82) is 0 Å². The van der Waals surface area contributed by atoms with E-state index >= 15 is 0 Å². The molecule has 0 aliphatic rings. The minimum absolute atomic E-state index is 0.154. The minimum atomic E-state index is -1.07. The zero-order chi connectivity index (χ0) is 12.1. The van der Waals surface area contributed by atoms with Crippen molar-refractivity contribution in [2.75, 3.05) is 6.61 Å². The van der Waals surface area contributed by atoms with Gasteiger partial charge in [-0.1, -0.05) is 19.1 Å². The normalized spacial score (nSPS) is 17.1. The summed E-state index contributed by atoms with van der Waals surface area (Å²) in [6.07, 6.45) is 3.68. The maximum atomic E-state index is 11.7. The molecule has 2 unspecified atom stereocenters. The first-order valence-electron chi connectivity index (χ1n) is 5.22. The predicted molar refractivity (Wildman–Crippen MR) is 59.4 cm³/mol. The van der Waals surface area contributed by atoms with Gasteiger partial charge in [0.15, 0.2) is 0 Å². The molecular weight excluding hydrogens is 192 g/mol. The first-order chi connectivity index (χ1) is 6.91. The molecule has 0 aliphatic carbocycles. The van der Waals surface area contributed by atoms with Crippen LogP contribution in [0.3, 0.4) is 0 Å². The number of hydrogen-bond donors (Lipinski definition) is 0. The number of allylic oxidation sites excluding steroid dienone is 2. The van der Waals surface area contributed by atoms with Crippen molar-refractivity contribution in [3.8, 4) is 0 Å². The maximum Gasteiger partial charge on any atom is 0.319 e. The molecule has 3 nitrogen and oxygen atoms in total. The molecule has 0 aromatic heterocycles. The van der Waals surface area contributed by atoms with E-state index < -0.39 is 11.4 Å². The van der Waals surface area contributed by atoms with Crippen LogP contribution in [0.25, 0.3) is 0 Å². The fourth-order valence-corrected chi connectivity index (χ4v) is 1.41. The van der Waals surface area contributed by atoms with E-state index in [1.807, 2.05) is 26.0 Å². The van der Waals surface area contributed by atoms with Crippen molar-refractivity contribution in [3.05, 3.63) is 12.2 Å². The Bertz CT molecular complexity index is 268. The Morgan fingerprint density at radius 2 is 2.00 bits per heavy atom. The molecule has 3 heteroatoms. The van der Waals surface area contributed by atoms with E-state index in [2.05, 4.69) is 0 Å². The number of rotatable bonds is 5. The summed E-state index contributed by atoms with van der Waals surface area (Å²) < 4.78 is 4.94. The molecule has 0 spiro atoms. The second-order valence-corrected chi connectivity index (χ2v) is 3.79. The standard InChI is InChI=1S/C12H20O3/c1-6-8-9(3)12(5,10(4)13)11(14)15-7-2/h6,8-9H,7H2,1-5H3. The van der Waals surface area contributed by atoms with Crippen LogP contribution in [0.5, 0.6) is 0 Å². The van der Waals surface area contributed by atoms with Gasteiger partial charge in [-0.15, -0.1) is 0 Å². The third-order valence-corrected chi connectivity index (χ3v) is 2.82. The van der Waals surface area contributed by atoms with Crippen LogP contribution in [0, 0.1) is 11.3 Å². The lowest BCUT2D eigenvalue weighted by molar-refractivity contribution is -0.160. The van der Waals surface area contributed by atoms with E-state index in [-0.39, 0.29) is 11.7 Å². The summed E-state index contributed by atoms with van der Waals surface area (Å²) in [7, 11) is 0. The molecule has 0 saturated carbocycles. The molecular formula is C12H20O3. The number of hydrogen-bond acceptors (Lipinski definition) is 3. The van der Waals surface area contributed by atoms with Gasteiger partial charge in [0, 0.05) is 0 Å². The summed E-state index contributed by atoms with van der Waals surface area (Å²) in [5.41, 5.74) is -1.07. The average molecular weight is 212 g/mol. The molecule has 0 saturated heterocycles. The summed E-state index contributed by atoms with van der Waals surface area (Å²) in [5, 5.41) is 0. The Kier molecular flexibility index (Phi) is 5.26. The van der Waals surface area contributed by atoms with Crippen LogP contribution in [0.15, 0.2) is 12.2 Å². The molecule has 2 atom stereocenters. The van der Waals surface area contributed by atoms with Crippen LogP contribution >= 0.6 is 0 Å². The van der Waals surface area contributed by atoms with Gasteiger partial charge < -0.3 is 4.74 Å². The van der Waals surface area contributed by atoms with E-state index in [1.165, 1.54) is 6.92 Å². The molecule has 0 aromatic rings. The largest absolute Gasteiger partial charge is 0.465 e. The predicted octanol–water partition coefficient (Wildman–Crippen LogP) is 2.36. The molecule has 86 valence electrons. The lowest BCUT2D eigenvalue weighted by Crippen LogP contribution is -2.41. The second kappa shape index (κ2) is 5.69. The van der Waals surface area contributed by atoms with Crippen molar-refractivity contribution in [2.45, 2.75) is 34.6 Å². The molecule has 0 N–H and O–H groups in total. The van der Waals surface area contributed by atoms with Gasteiger partial charge in [-0.2, -0.15) is 0 Å².